The van der Waals surface area contributed by atoms with Crippen LogP contribution in [-0.4, -0.2) is 9.97 Å². The molecule has 0 aliphatic carbocycles. The summed E-state index contributed by atoms with van der Waals surface area (Å²) in [6.45, 7) is 10.3. The quantitative estimate of drug-likeness (QED) is 0.743. The second kappa shape index (κ2) is 3.65. The van der Waals surface area contributed by atoms with Gasteiger partial charge in [0.1, 0.15) is 5.82 Å². The van der Waals surface area contributed by atoms with Gasteiger partial charge in [-0.3, -0.25) is 0 Å². The van der Waals surface area contributed by atoms with Crippen molar-refractivity contribution in [1.29, 1.82) is 0 Å². The summed E-state index contributed by atoms with van der Waals surface area (Å²) in [4.78, 5) is 8.78. The fraction of sp³-hybridized carbons (Fsp3) is 0.636. The van der Waals surface area contributed by atoms with Crippen molar-refractivity contribution in [2.75, 3.05) is 0 Å². The van der Waals surface area contributed by atoms with E-state index in [-0.39, 0.29) is 11.5 Å². The van der Waals surface area contributed by atoms with E-state index in [0.29, 0.717) is 0 Å². The number of hydrogen-bond acceptors (Lipinski definition) is 3. The first-order chi connectivity index (χ1) is 6.30. The molecule has 14 heavy (non-hydrogen) atoms. The molecule has 0 saturated carbocycles. The topological polar surface area (TPSA) is 51.8 Å². The Morgan fingerprint density at radius 3 is 2.29 bits per heavy atom. The van der Waals surface area contributed by atoms with E-state index in [9.17, 15) is 0 Å². The van der Waals surface area contributed by atoms with Crippen molar-refractivity contribution in [3.8, 4) is 0 Å². The lowest BCUT2D eigenvalue weighted by Crippen LogP contribution is -2.19. The van der Waals surface area contributed by atoms with Crippen molar-refractivity contribution in [1.82, 2.24) is 9.97 Å². The van der Waals surface area contributed by atoms with Gasteiger partial charge in [0.25, 0.3) is 0 Å². The van der Waals surface area contributed by atoms with Crippen LogP contribution in [0.5, 0.6) is 0 Å². The van der Waals surface area contributed by atoms with Gasteiger partial charge in [-0.15, -0.1) is 0 Å². The van der Waals surface area contributed by atoms with Crippen LogP contribution in [0.4, 0.5) is 0 Å². The number of hydrogen-bond donors (Lipinski definition) is 1. The minimum atomic E-state index is -0.101. The Morgan fingerprint density at radius 2 is 1.86 bits per heavy atom. The van der Waals surface area contributed by atoms with Gasteiger partial charge >= 0.3 is 0 Å². The highest BCUT2D eigenvalue weighted by Crippen LogP contribution is 2.21. The molecule has 1 heterocycles. The van der Waals surface area contributed by atoms with E-state index < -0.39 is 0 Å². The van der Waals surface area contributed by atoms with Gasteiger partial charge in [0, 0.05) is 16.8 Å². The van der Waals surface area contributed by atoms with Gasteiger partial charge in [-0.05, 0) is 19.9 Å². The summed E-state index contributed by atoms with van der Waals surface area (Å²) in [6, 6.07) is 1.92. The second-order valence-electron chi connectivity index (χ2n) is 4.79. The summed E-state index contributed by atoms with van der Waals surface area (Å²) in [5.74, 6) is 0.731. The van der Waals surface area contributed by atoms with Gasteiger partial charge in [-0.25, -0.2) is 9.97 Å². The van der Waals surface area contributed by atoms with Crippen molar-refractivity contribution in [3.05, 3.63) is 23.3 Å². The summed E-state index contributed by atoms with van der Waals surface area (Å²) in [6.07, 6.45) is 0. The molecule has 0 saturated heterocycles. The molecule has 0 aliphatic heterocycles. The Labute approximate surface area is 85.8 Å². The van der Waals surface area contributed by atoms with Crippen LogP contribution < -0.4 is 5.73 Å². The average Bonchev–Trinajstić information content (AvgIpc) is 2.01. The fourth-order valence-electron chi connectivity index (χ4n) is 1.18. The molecule has 0 fully saturated rings. The lowest BCUT2D eigenvalue weighted by Gasteiger charge is -2.19. The summed E-state index contributed by atoms with van der Waals surface area (Å²) < 4.78 is 0. The zero-order chi connectivity index (χ0) is 10.9. The summed E-state index contributed by atoms with van der Waals surface area (Å²) in [5.41, 5.74) is 7.86. The molecular weight excluding hydrogens is 174 g/mol. The molecule has 78 valence electrons. The van der Waals surface area contributed by atoms with Crippen LogP contribution >= 0.6 is 0 Å². The van der Waals surface area contributed by atoms with Gasteiger partial charge in [-0.1, -0.05) is 20.8 Å². The van der Waals surface area contributed by atoms with Crippen LogP contribution in [-0.2, 0) is 5.41 Å². The molecule has 1 atom stereocenters. The number of rotatable bonds is 1. The largest absolute Gasteiger partial charge is 0.322 e. The van der Waals surface area contributed by atoms with Crippen molar-refractivity contribution < 1.29 is 0 Å². The molecule has 0 amide bonds. The van der Waals surface area contributed by atoms with E-state index in [1.54, 1.807) is 0 Å². The Hall–Kier alpha value is -0.960. The van der Waals surface area contributed by atoms with Crippen molar-refractivity contribution in [2.45, 2.75) is 46.1 Å². The van der Waals surface area contributed by atoms with Crippen LogP contribution in [0.3, 0.4) is 0 Å². The third-order valence-electron chi connectivity index (χ3n) is 2.05. The normalized spacial score (nSPS) is 14.1. The third-order valence-corrected chi connectivity index (χ3v) is 2.05. The highest BCUT2D eigenvalue weighted by atomic mass is 14.9. The Balaban J connectivity index is 3.21. The summed E-state index contributed by atoms with van der Waals surface area (Å²) in [7, 11) is 0. The first kappa shape index (κ1) is 11.1. The highest BCUT2D eigenvalue weighted by Gasteiger charge is 2.17. The third kappa shape index (κ3) is 2.51. The molecule has 0 aliphatic rings. The van der Waals surface area contributed by atoms with E-state index in [2.05, 4.69) is 30.7 Å². The fourth-order valence-corrected chi connectivity index (χ4v) is 1.18. The van der Waals surface area contributed by atoms with E-state index in [0.717, 1.165) is 17.2 Å². The van der Waals surface area contributed by atoms with Gasteiger partial charge in [-0.2, -0.15) is 0 Å². The number of nitrogens with zero attached hydrogens (tertiary/aromatic N) is 2. The van der Waals surface area contributed by atoms with Gasteiger partial charge in [0.2, 0.25) is 0 Å². The van der Waals surface area contributed by atoms with Crippen LogP contribution in [0.15, 0.2) is 6.07 Å². The van der Waals surface area contributed by atoms with Crippen LogP contribution in [0.25, 0.3) is 0 Å². The SMILES string of the molecule is Cc1cc(C(C)(C)C)nc(C(C)N)n1. The van der Waals surface area contributed by atoms with E-state index in [4.69, 9.17) is 5.73 Å². The molecule has 1 unspecified atom stereocenters. The first-order valence-electron chi connectivity index (χ1n) is 4.92. The van der Waals surface area contributed by atoms with E-state index in [1.165, 1.54) is 0 Å². The maximum atomic E-state index is 5.77. The molecule has 0 aromatic carbocycles. The molecule has 0 radical (unpaired) electrons. The maximum Gasteiger partial charge on any atom is 0.145 e. The minimum Gasteiger partial charge on any atom is -0.322 e. The van der Waals surface area contributed by atoms with Crippen LogP contribution in [0.1, 0.15) is 50.9 Å². The van der Waals surface area contributed by atoms with E-state index in [1.807, 2.05) is 19.9 Å². The molecule has 1 aromatic rings. The summed E-state index contributed by atoms with van der Waals surface area (Å²) >= 11 is 0. The lowest BCUT2D eigenvalue weighted by atomic mass is 9.91. The van der Waals surface area contributed by atoms with Gasteiger partial charge in [0.15, 0.2) is 0 Å². The molecule has 2 N–H and O–H groups in total. The molecule has 0 spiro atoms. The molecule has 1 aromatic heterocycles. The highest BCUT2D eigenvalue weighted by molar-refractivity contribution is 5.18. The predicted molar refractivity (Wildman–Crippen MR) is 58.1 cm³/mol. The summed E-state index contributed by atoms with van der Waals surface area (Å²) in [5, 5.41) is 0. The Kier molecular flexibility index (Phi) is 2.90. The molecule has 0 bridgehead atoms. The zero-order valence-corrected chi connectivity index (χ0v) is 9.63. The van der Waals surface area contributed by atoms with Crippen molar-refractivity contribution >= 4 is 0 Å². The lowest BCUT2D eigenvalue weighted by molar-refractivity contribution is 0.555. The molecule has 1 rings (SSSR count). The van der Waals surface area contributed by atoms with Gasteiger partial charge < -0.3 is 5.73 Å². The van der Waals surface area contributed by atoms with Crippen molar-refractivity contribution in [2.24, 2.45) is 5.73 Å². The monoisotopic (exact) mass is 193 g/mol. The number of nitrogens with two attached hydrogens (primary N) is 1. The van der Waals surface area contributed by atoms with Crippen molar-refractivity contribution in [3.63, 3.8) is 0 Å². The Bertz CT molecular complexity index is 324. The maximum absolute atomic E-state index is 5.77. The molecular formula is C11H19N3. The van der Waals surface area contributed by atoms with Crippen LogP contribution in [0, 0.1) is 6.92 Å². The van der Waals surface area contributed by atoms with Gasteiger partial charge in [0.05, 0.1) is 6.04 Å². The van der Waals surface area contributed by atoms with E-state index >= 15 is 0 Å². The predicted octanol–water partition coefficient (Wildman–Crippen LogP) is 2.10. The molecule has 3 heteroatoms. The molecule has 3 nitrogen and oxygen atoms in total. The number of aromatic nitrogens is 2. The standard InChI is InChI=1S/C11H19N3/c1-7-6-9(11(3,4)5)14-10(13-7)8(2)12/h6,8H,12H2,1-5H3. The average molecular weight is 193 g/mol. The minimum absolute atomic E-state index is 0.0529. The smallest absolute Gasteiger partial charge is 0.145 e. The second-order valence-corrected chi connectivity index (χ2v) is 4.79. The Morgan fingerprint density at radius 1 is 1.29 bits per heavy atom. The zero-order valence-electron chi connectivity index (χ0n) is 9.63. The van der Waals surface area contributed by atoms with Crippen LogP contribution in [0.2, 0.25) is 0 Å². The number of aryl methyl sites for hydroxylation is 1. The first-order valence-corrected chi connectivity index (χ1v) is 4.92.